The van der Waals surface area contributed by atoms with Crippen molar-refractivity contribution in [2.45, 2.75) is 20.4 Å². The van der Waals surface area contributed by atoms with Crippen LogP contribution < -0.4 is 20.3 Å². The zero-order chi connectivity index (χ0) is 21.0. The molecule has 0 aliphatic rings. The third kappa shape index (κ3) is 4.71. The maximum Gasteiger partial charge on any atom is 0.316 e. The molecule has 8 heteroatoms. The van der Waals surface area contributed by atoms with Gasteiger partial charge in [0.15, 0.2) is 11.6 Å². The molecule has 6 nitrogen and oxygen atoms in total. The first-order valence-corrected chi connectivity index (χ1v) is 9.01. The summed E-state index contributed by atoms with van der Waals surface area (Å²) in [4.78, 5) is 16.2. The number of hydrogen-bond acceptors (Lipinski definition) is 5. The Morgan fingerprint density at radius 2 is 1.93 bits per heavy atom. The molecule has 0 bridgehead atoms. The van der Waals surface area contributed by atoms with Crippen molar-refractivity contribution in [1.29, 1.82) is 0 Å². The van der Waals surface area contributed by atoms with Gasteiger partial charge in [0.05, 0.1) is 26.5 Å². The number of hydrogen-bond donors (Lipinski definition) is 1. The summed E-state index contributed by atoms with van der Waals surface area (Å²) < 4.78 is 39.0. The first-order valence-electron chi connectivity index (χ1n) is 9.01. The van der Waals surface area contributed by atoms with E-state index in [1.54, 1.807) is 10.6 Å². The maximum absolute atomic E-state index is 13.6. The molecule has 3 aromatic rings. The lowest BCUT2D eigenvalue weighted by Gasteiger charge is -2.17. The van der Waals surface area contributed by atoms with Crippen molar-refractivity contribution in [3.05, 3.63) is 75.7 Å². The molecular weight excluding hydrogens is 380 g/mol. The number of ether oxygens (including phenoxy) is 2. The number of nitrogens with zero attached hydrogens (tertiary/aromatic N) is 2. The number of aryl methyl sites for hydroxylation is 1. The van der Waals surface area contributed by atoms with Gasteiger partial charge in [-0.1, -0.05) is 6.07 Å². The molecule has 1 N–H and O–H groups in total. The van der Waals surface area contributed by atoms with Gasteiger partial charge >= 0.3 is 5.56 Å². The van der Waals surface area contributed by atoms with Crippen LogP contribution in [0.2, 0.25) is 0 Å². The fourth-order valence-corrected chi connectivity index (χ4v) is 2.82. The fraction of sp³-hybridized carbons (Fsp3) is 0.238. The summed E-state index contributed by atoms with van der Waals surface area (Å²) >= 11 is 0. The first kappa shape index (κ1) is 20.3. The van der Waals surface area contributed by atoms with E-state index in [4.69, 9.17) is 9.47 Å². The fourth-order valence-electron chi connectivity index (χ4n) is 2.82. The molecule has 0 fully saturated rings. The molecule has 3 rings (SSSR count). The number of methoxy groups -OCH3 is 1. The van der Waals surface area contributed by atoms with Crippen LogP contribution in [-0.2, 0) is 6.54 Å². The second-order valence-corrected chi connectivity index (χ2v) is 6.35. The van der Waals surface area contributed by atoms with E-state index in [0.717, 1.165) is 29.1 Å². The molecule has 152 valence electrons. The van der Waals surface area contributed by atoms with Gasteiger partial charge < -0.3 is 19.4 Å². The highest BCUT2D eigenvalue weighted by Gasteiger charge is 2.12. The zero-order valence-corrected chi connectivity index (χ0v) is 16.3. The van der Waals surface area contributed by atoms with Crippen LogP contribution in [0.3, 0.4) is 0 Å². The standard InChI is InChI=1S/C21H21F2N3O3/c1-4-29-15-6-8-18(13(2)9-15)24-21-25-20(27)19(28-3)12-26(21)11-14-5-7-16(22)17(23)10-14/h5-10,12H,4,11H2,1-3H3,(H,24,25,27). The zero-order valence-electron chi connectivity index (χ0n) is 16.3. The van der Waals surface area contributed by atoms with E-state index in [0.29, 0.717) is 12.2 Å². The van der Waals surface area contributed by atoms with Crippen LogP contribution in [0, 0.1) is 18.6 Å². The first-order chi connectivity index (χ1) is 13.9. The second-order valence-electron chi connectivity index (χ2n) is 6.35. The molecule has 0 aliphatic carbocycles. The minimum atomic E-state index is -0.944. The lowest BCUT2D eigenvalue weighted by molar-refractivity contribution is 0.340. The molecule has 1 heterocycles. The van der Waals surface area contributed by atoms with E-state index >= 15 is 0 Å². The van der Waals surface area contributed by atoms with Gasteiger partial charge in [0, 0.05) is 5.69 Å². The Bertz CT molecular complexity index is 1080. The van der Waals surface area contributed by atoms with Gasteiger partial charge in [0.25, 0.3) is 0 Å². The van der Waals surface area contributed by atoms with Crippen LogP contribution in [0.5, 0.6) is 11.5 Å². The van der Waals surface area contributed by atoms with Crippen LogP contribution in [-0.4, -0.2) is 23.3 Å². The molecule has 0 spiro atoms. The summed E-state index contributed by atoms with van der Waals surface area (Å²) in [6, 6.07) is 9.12. The highest BCUT2D eigenvalue weighted by atomic mass is 19.2. The number of anilines is 2. The van der Waals surface area contributed by atoms with Crippen LogP contribution in [0.25, 0.3) is 0 Å². The third-order valence-electron chi connectivity index (χ3n) is 4.28. The third-order valence-corrected chi connectivity index (χ3v) is 4.28. The number of rotatable bonds is 7. The Labute approximate surface area is 166 Å². The van der Waals surface area contributed by atoms with Gasteiger partial charge in [-0.05, 0) is 55.3 Å². The molecule has 0 radical (unpaired) electrons. The summed E-state index contributed by atoms with van der Waals surface area (Å²) in [7, 11) is 1.37. The molecule has 0 unspecified atom stereocenters. The molecule has 0 amide bonds. The maximum atomic E-state index is 13.6. The highest BCUT2D eigenvalue weighted by molar-refractivity contribution is 5.60. The van der Waals surface area contributed by atoms with Crippen molar-refractivity contribution in [2.24, 2.45) is 0 Å². The number of benzene rings is 2. The van der Waals surface area contributed by atoms with Crippen LogP contribution in [0.4, 0.5) is 20.4 Å². The van der Waals surface area contributed by atoms with Gasteiger partial charge in [-0.3, -0.25) is 4.79 Å². The topological polar surface area (TPSA) is 65.4 Å². The van der Waals surface area contributed by atoms with Crippen molar-refractivity contribution in [3.63, 3.8) is 0 Å². The van der Waals surface area contributed by atoms with Crippen molar-refractivity contribution in [2.75, 3.05) is 19.0 Å². The number of nitrogens with one attached hydrogen (secondary N) is 1. The largest absolute Gasteiger partial charge is 0.494 e. The van der Waals surface area contributed by atoms with E-state index in [1.165, 1.54) is 19.4 Å². The molecule has 1 aromatic heterocycles. The molecule has 2 aromatic carbocycles. The predicted molar refractivity (Wildman–Crippen MR) is 106 cm³/mol. The predicted octanol–water partition coefficient (Wildman–Crippen LogP) is 4.03. The smallest absolute Gasteiger partial charge is 0.316 e. The monoisotopic (exact) mass is 401 g/mol. The Morgan fingerprint density at radius 1 is 1.14 bits per heavy atom. The van der Waals surface area contributed by atoms with Gasteiger partial charge in [-0.25, -0.2) is 8.78 Å². The molecular formula is C21H21F2N3O3. The Hall–Kier alpha value is -3.42. The Morgan fingerprint density at radius 3 is 2.59 bits per heavy atom. The minimum Gasteiger partial charge on any atom is -0.494 e. The highest BCUT2D eigenvalue weighted by Crippen LogP contribution is 2.25. The van der Waals surface area contributed by atoms with Crippen LogP contribution in [0.1, 0.15) is 18.1 Å². The molecule has 0 atom stereocenters. The summed E-state index contributed by atoms with van der Waals surface area (Å²) in [5, 5.41) is 3.12. The molecule has 29 heavy (non-hydrogen) atoms. The molecule has 0 aliphatic heterocycles. The summed E-state index contributed by atoms with van der Waals surface area (Å²) in [6.45, 7) is 4.51. The van der Waals surface area contributed by atoms with Crippen molar-refractivity contribution < 1.29 is 18.3 Å². The molecule has 0 saturated heterocycles. The second kappa shape index (κ2) is 8.72. The van der Waals surface area contributed by atoms with E-state index in [9.17, 15) is 13.6 Å². The van der Waals surface area contributed by atoms with Crippen molar-refractivity contribution in [1.82, 2.24) is 9.55 Å². The van der Waals surface area contributed by atoms with E-state index in [1.807, 2.05) is 26.0 Å². The lowest BCUT2D eigenvalue weighted by atomic mass is 10.2. The lowest BCUT2D eigenvalue weighted by Crippen LogP contribution is -2.19. The van der Waals surface area contributed by atoms with Gasteiger partial charge in [0.1, 0.15) is 5.75 Å². The summed E-state index contributed by atoms with van der Waals surface area (Å²) in [5.41, 5.74) is 1.58. The average molecular weight is 401 g/mol. The van der Waals surface area contributed by atoms with Crippen molar-refractivity contribution in [3.8, 4) is 11.5 Å². The van der Waals surface area contributed by atoms with Gasteiger partial charge in [-0.2, -0.15) is 4.98 Å². The SMILES string of the molecule is CCOc1ccc(Nc2nc(=O)c(OC)cn2Cc2ccc(F)c(F)c2)c(C)c1. The minimum absolute atomic E-state index is 0.0431. The average Bonchev–Trinajstić information content (AvgIpc) is 2.69. The normalized spacial score (nSPS) is 10.7. The number of halogens is 2. The van der Waals surface area contributed by atoms with Crippen LogP contribution >= 0.6 is 0 Å². The number of aromatic nitrogens is 2. The summed E-state index contributed by atoms with van der Waals surface area (Å²) in [6.07, 6.45) is 1.48. The quantitative estimate of drug-likeness (QED) is 0.648. The van der Waals surface area contributed by atoms with Gasteiger partial charge in [0.2, 0.25) is 11.7 Å². The van der Waals surface area contributed by atoms with E-state index in [-0.39, 0.29) is 18.2 Å². The van der Waals surface area contributed by atoms with E-state index < -0.39 is 17.2 Å². The van der Waals surface area contributed by atoms with Gasteiger partial charge in [-0.15, -0.1) is 0 Å². The Kier molecular flexibility index (Phi) is 6.11. The summed E-state index contributed by atoms with van der Waals surface area (Å²) in [5.74, 6) is -0.847. The van der Waals surface area contributed by atoms with Crippen LogP contribution in [0.15, 0.2) is 47.4 Å². The van der Waals surface area contributed by atoms with Crippen molar-refractivity contribution >= 4 is 11.6 Å². The van der Waals surface area contributed by atoms with E-state index in [2.05, 4.69) is 10.3 Å². The molecule has 0 saturated carbocycles. The Balaban J connectivity index is 1.98.